The predicted octanol–water partition coefficient (Wildman–Crippen LogP) is 4.94. The van der Waals surface area contributed by atoms with Crippen LogP contribution in [0.25, 0.3) is 0 Å². The highest BCUT2D eigenvalue weighted by Crippen LogP contribution is 2.16. The van der Waals surface area contributed by atoms with Crippen molar-refractivity contribution >= 4 is 5.78 Å². The average Bonchev–Trinajstić information content (AvgIpc) is 2.37. The molecule has 19 heavy (non-hydrogen) atoms. The number of rotatable bonds is 7. The van der Waals surface area contributed by atoms with Crippen molar-refractivity contribution in [1.82, 2.24) is 0 Å². The third-order valence-corrected chi connectivity index (χ3v) is 2.70. The van der Waals surface area contributed by atoms with Crippen molar-refractivity contribution in [3.8, 4) is 5.75 Å². The van der Waals surface area contributed by atoms with E-state index in [0.29, 0.717) is 0 Å². The van der Waals surface area contributed by atoms with Gasteiger partial charge in [-0.05, 0) is 38.3 Å². The lowest BCUT2D eigenvalue weighted by Gasteiger charge is -2.07. The van der Waals surface area contributed by atoms with Crippen molar-refractivity contribution in [3.05, 3.63) is 29.8 Å². The van der Waals surface area contributed by atoms with Gasteiger partial charge in [0.25, 0.3) is 0 Å². The Balaban J connectivity index is 0.000000459. The highest BCUT2D eigenvalue weighted by Gasteiger charge is 1.95. The Kier molecular flexibility index (Phi) is 11.0. The number of carbonyl (C=O) groups is 1. The van der Waals surface area contributed by atoms with Crippen LogP contribution in [0.3, 0.4) is 0 Å². The lowest BCUT2D eigenvalue weighted by atomic mass is 10.2. The number of para-hydroxylation sites is 1. The van der Waals surface area contributed by atoms with Gasteiger partial charge in [-0.15, -0.1) is 0 Å². The predicted molar refractivity (Wildman–Crippen MR) is 81.8 cm³/mol. The van der Waals surface area contributed by atoms with Crippen molar-refractivity contribution in [2.45, 2.75) is 59.8 Å². The summed E-state index contributed by atoms with van der Waals surface area (Å²) in [6.07, 6.45) is 5.38. The lowest BCUT2D eigenvalue weighted by Crippen LogP contribution is -1.98. The standard InChI is InChI=1S/C12H18O.C5H10O/c1-3-4-7-10-13-12-9-6-5-8-11(12)2;1-3-4-5(2)6/h5-6,8-9H,3-4,7,10H2,1-2H3;3-4H2,1-2H3. The smallest absolute Gasteiger partial charge is 0.129 e. The molecule has 108 valence electrons. The number of unbranched alkanes of at least 4 members (excludes halogenated alkanes) is 2. The fraction of sp³-hybridized carbons (Fsp3) is 0.588. The molecule has 2 nitrogen and oxygen atoms in total. The zero-order chi connectivity index (χ0) is 14.5. The van der Waals surface area contributed by atoms with Gasteiger partial charge in [0.2, 0.25) is 0 Å². The van der Waals surface area contributed by atoms with E-state index in [1.54, 1.807) is 6.92 Å². The topological polar surface area (TPSA) is 26.3 Å². The Morgan fingerprint density at radius 2 is 1.79 bits per heavy atom. The van der Waals surface area contributed by atoms with Crippen molar-refractivity contribution in [2.24, 2.45) is 0 Å². The second-order valence-corrected chi connectivity index (χ2v) is 4.77. The van der Waals surface area contributed by atoms with Gasteiger partial charge in [0.05, 0.1) is 6.61 Å². The van der Waals surface area contributed by atoms with Crippen molar-refractivity contribution < 1.29 is 9.53 Å². The molecule has 0 aliphatic heterocycles. The summed E-state index contributed by atoms with van der Waals surface area (Å²) < 4.78 is 5.64. The minimum absolute atomic E-state index is 0.289. The molecule has 0 amide bonds. The van der Waals surface area contributed by atoms with Gasteiger partial charge < -0.3 is 9.53 Å². The molecule has 0 saturated heterocycles. The maximum absolute atomic E-state index is 10.0. The number of hydrogen-bond donors (Lipinski definition) is 0. The summed E-state index contributed by atoms with van der Waals surface area (Å²) in [5.41, 5.74) is 1.22. The van der Waals surface area contributed by atoms with Gasteiger partial charge in [0.1, 0.15) is 11.5 Å². The molecular formula is C17H28O2. The summed E-state index contributed by atoms with van der Waals surface area (Å²) in [6.45, 7) is 8.74. The second kappa shape index (κ2) is 11.8. The first-order chi connectivity index (χ1) is 9.11. The Morgan fingerprint density at radius 1 is 1.11 bits per heavy atom. The zero-order valence-electron chi connectivity index (χ0n) is 12.9. The van der Waals surface area contributed by atoms with E-state index in [2.05, 4.69) is 19.9 Å². The quantitative estimate of drug-likeness (QED) is 0.652. The maximum atomic E-state index is 10.0. The largest absolute Gasteiger partial charge is 0.493 e. The SMILES string of the molecule is CCCC(C)=O.CCCCCOc1ccccc1C. The number of hydrogen-bond acceptors (Lipinski definition) is 2. The average molecular weight is 264 g/mol. The van der Waals surface area contributed by atoms with E-state index in [1.807, 2.05) is 25.1 Å². The fourth-order valence-corrected chi connectivity index (χ4v) is 1.60. The Labute approximate surface area is 118 Å². The molecule has 0 unspecified atom stereocenters. The fourth-order valence-electron chi connectivity index (χ4n) is 1.60. The molecule has 2 heteroatoms. The van der Waals surface area contributed by atoms with Crippen LogP contribution in [0.4, 0.5) is 0 Å². The summed E-state index contributed by atoms with van der Waals surface area (Å²) in [4.78, 5) is 10.0. The van der Waals surface area contributed by atoms with Crippen molar-refractivity contribution in [1.29, 1.82) is 0 Å². The molecule has 1 rings (SSSR count). The van der Waals surface area contributed by atoms with Crippen LogP contribution in [0.1, 0.15) is 58.4 Å². The van der Waals surface area contributed by atoms with Gasteiger partial charge >= 0.3 is 0 Å². The first kappa shape index (κ1) is 17.7. The number of ether oxygens (including phenoxy) is 1. The van der Waals surface area contributed by atoms with Gasteiger partial charge in [-0.2, -0.15) is 0 Å². The highest BCUT2D eigenvalue weighted by atomic mass is 16.5. The van der Waals surface area contributed by atoms with Gasteiger partial charge in [-0.25, -0.2) is 0 Å². The number of Topliss-reactive ketones (excluding diaryl/α,β-unsaturated/α-hetero) is 1. The molecule has 0 aliphatic rings. The van der Waals surface area contributed by atoms with Crippen LogP contribution < -0.4 is 4.74 Å². The van der Waals surface area contributed by atoms with Crippen molar-refractivity contribution in [2.75, 3.05) is 6.61 Å². The second-order valence-electron chi connectivity index (χ2n) is 4.77. The third kappa shape index (κ3) is 10.3. The van der Waals surface area contributed by atoms with Crippen LogP contribution in [-0.4, -0.2) is 12.4 Å². The van der Waals surface area contributed by atoms with E-state index in [9.17, 15) is 4.79 Å². The number of benzene rings is 1. The van der Waals surface area contributed by atoms with Gasteiger partial charge in [0, 0.05) is 6.42 Å². The molecule has 0 spiro atoms. The Bertz CT molecular complexity index is 345. The molecule has 1 aromatic rings. The van der Waals surface area contributed by atoms with Crippen LogP contribution in [-0.2, 0) is 4.79 Å². The Hall–Kier alpha value is -1.31. The van der Waals surface area contributed by atoms with Crippen molar-refractivity contribution in [3.63, 3.8) is 0 Å². The number of carbonyl (C=O) groups excluding carboxylic acids is 1. The molecule has 0 aromatic heterocycles. The minimum atomic E-state index is 0.289. The monoisotopic (exact) mass is 264 g/mol. The Morgan fingerprint density at radius 3 is 2.26 bits per heavy atom. The summed E-state index contributed by atoms with van der Waals surface area (Å²) in [7, 11) is 0. The van der Waals surface area contributed by atoms with Crippen LogP contribution in [0.15, 0.2) is 24.3 Å². The van der Waals surface area contributed by atoms with Crippen LogP contribution in [0.2, 0.25) is 0 Å². The molecule has 0 saturated carbocycles. The summed E-state index contributed by atoms with van der Waals surface area (Å²) >= 11 is 0. The molecule has 0 N–H and O–H groups in total. The summed E-state index contributed by atoms with van der Waals surface area (Å²) in [5, 5.41) is 0. The van der Waals surface area contributed by atoms with E-state index < -0.39 is 0 Å². The summed E-state index contributed by atoms with van der Waals surface area (Å²) in [5.74, 6) is 1.32. The molecule has 1 aromatic carbocycles. The van der Waals surface area contributed by atoms with Crippen LogP contribution in [0.5, 0.6) is 5.75 Å². The minimum Gasteiger partial charge on any atom is -0.493 e. The third-order valence-electron chi connectivity index (χ3n) is 2.70. The zero-order valence-corrected chi connectivity index (χ0v) is 12.9. The molecule has 0 atom stereocenters. The van der Waals surface area contributed by atoms with Gasteiger partial charge in [0.15, 0.2) is 0 Å². The van der Waals surface area contributed by atoms with E-state index >= 15 is 0 Å². The molecular weight excluding hydrogens is 236 g/mol. The summed E-state index contributed by atoms with van der Waals surface area (Å²) in [6, 6.07) is 8.16. The molecule has 0 aliphatic carbocycles. The van der Waals surface area contributed by atoms with E-state index in [0.717, 1.165) is 31.6 Å². The molecule has 0 fully saturated rings. The maximum Gasteiger partial charge on any atom is 0.129 e. The van der Waals surface area contributed by atoms with Gasteiger partial charge in [-0.1, -0.05) is 44.9 Å². The van der Waals surface area contributed by atoms with Crippen LogP contribution in [0, 0.1) is 6.92 Å². The number of ketones is 1. The molecule has 0 heterocycles. The normalized spacial score (nSPS) is 9.47. The first-order valence-electron chi connectivity index (χ1n) is 7.29. The van der Waals surface area contributed by atoms with E-state index in [-0.39, 0.29) is 5.78 Å². The lowest BCUT2D eigenvalue weighted by molar-refractivity contribution is -0.117. The number of aryl methyl sites for hydroxylation is 1. The van der Waals surface area contributed by atoms with Crippen LogP contribution >= 0.6 is 0 Å². The van der Waals surface area contributed by atoms with Gasteiger partial charge in [-0.3, -0.25) is 0 Å². The highest BCUT2D eigenvalue weighted by molar-refractivity contribution is 5.75. The van der Waals surface area contributed by atoms with E-state index in [1.165, 1.54) is 18.4 Å². The molecule has 0 radical (unpaired) electrons. The first-order valence-corrected chi connectivity index (χ1v) is 7.29. The molecule has 0 bridgehead atoms. The van der Waals surface area contributed by atoms with E-state index in [4.69, 9.17) is 4.74 Å².